The van der Waals surface area contributed by atoms with Gasteiger partial charge in [-0.15, -0.1) is 0 Å². The van der Waals surface area contributed by atoms with Crippen LogP contribution in [0.15, 0.2) is 48.5 Å². The van der Waals surface area contributed by atoms with Crippen LogP contribution in [0.4, 0.5) is 0 Å². The minimum Gasteiger partial charge on any atom is -0.449 e. The molecular weight excluding hydrogens is 316 g/mol. The summed E-state index contributed by atoms with van der Waals surface area (Å²) in [4.78, 5) is 0. The zero-order valence-corrected chi connectivity index (χ0v) is 16.6. The number of nitrogens with two attached hydrogens (primary N) is 2. The Morgan fingerprint density at radius 2 is 0.957 bits per heavy atom. The Balaban J connectivity index is 2.21. The Bertz CT molecular complexity index is 580. The number of hydrogen-bond acceptors (Lipinski definition) is 3. The molecule has 3 nitrogen and oxygen atoms in total. The first-order valence-electron chi connectivity index (χ1n) is 8.07. The second-order valence-electron chi connectivity index (χ2n) is 6.92. The van der Waals surface area contributed by atoms with Gasteiger partial charge in [-0.25, -0.2) is 0 Å². The van der Waals surface area contributed by atoms with Crippen molar-refractivity contribution in [3.8, 4) is 0 Å². The van der Waals surface area contributed by atoms with Crippen LogP contribution in [0.25, 0.3) is 0 Å². The fraction of sp³-hybridized carbons (Fsp3) is 0.333. The smallest absolute Gasteiger partial charge is 0.206 e. The molecule has 0 fully saturated rings. The van der Waals surface area contributed by atoms with Crippen LogP contribution in [0.1, 0.15) is 11.1 Å². The molecule has 0 radical (unpaired) electrons. The van der Waals surface area contributed by atoms with E-state index in [1.54, 1.807) is 0 Å². The van der Waals surface area contributed by atoms with Crippen LogP contribution < -0.4 is 21.8 Å². The molecule has 0 aliphatic carbocycles. The highest BCUT2D eigenvalue weighted by Crippen LogP contribution is 2.16. The van der Waals surface area contributed by atoms with E-state index < -0.39 is 16.6 Å². The minimum absolute atomic E-state index is 0.580. The van der Waals surface area contributed by atoms with E-state index in [1.807, 2.05) is 0 Å². The van der Waals surface area contributed by atoms with Gasteiger partial charge in [0.05, 0.1) is 0 Å². The van der Waals surface area contributed by atoms with E-state index in [-0.39, 0.29) is 0 Å². The summed E-state index contributed by atoms with van der Waals surface area (Å²) in [6, 6.07) is 17.1. The topological polar surface area (TPSA) is 61.3 Å². The standard InChI is InChI=1S/C18H28N2OSi2/c1-22(2,17-9-5-15(13-19)6-10-17)21-23(3,4)18-11-7-16(14-20)8-12-18/h5-12H,13-14,19-20H2,1-4H3. The highest BCUT2D eigenvalue weighted by atomic mass is 28.4. The molecule has 0 aromatic heterocycles. The summed E-state index contributed by atoms with van der Waals surface area (Å²) in [6.07, 6.45) is 0. The lowest BCUT2D eigenvalue weighted by Crippen LogP contribution is -2.57. The van der Waals surface area contributed by atoms with Gasteiger partial charge in [-0.2, -0.15) is 0 Å². The second-order valence-corrected chi connectivity index (χ2v) is 14.9. The molecule has 0 atom stereocenters. The fourth-order valence-corrected chi connectivity index (χ4v) is 10.8. The monoisotopic (exact) mass is 344 g/mol. The van der Waals surface area contributed by atoms with E-state index >= 15 is 0 Å². The fourth-order valence-electron chi connectivity index (χ4n) is 2.84. The molecular formula is C18H28N2OSi2. The van der Waals surface area contributed by atoms with E-state index in [0.29, 0.717) is 13.1 Å². The van der Waals surface area contributed by atoms with Gasteiger partial charge in [-0.05, 0) is 47.7 Å². The Kier molecular flexibility index (Phi) is 5.59. The van der Waals surface area contributed by atoms with E-state index in [1.165, 1.54) is 10.4 Å². The quantitative estimate of drug-likeness (QED) is 0.789. The summed E-state index contributed by atoms with van der Waals surface area (Å²) in [5, 5.41) is 2.63. The lowest BCUT2D eigenvalue weighted by atomic mass is 10.2. The van der Waals surface area contributed by atoms with Gasteiger partial charge in [0.15, 0.2) is 0 Å². The Morgan fingerprint density at radius 1 is 0.652 bits per heavy atom. The van der Waals surface area contributed by atoms with Crippen LogP contribution in [0.3, 0.4) is 0 Å². The van der Waals surface area contributed by atoms with E-state index in [9.17, 15) is 0 Å². The first-order chi connectivity index (χ1) is 10.8. The predicted molar refractivity (Wildman–Crippen MR) is 104 cm³/mol. The molecule has 2 aromatic rings. The third kappa shape index (κ3) is 4.39. The number of benzene rings is 2. The van der Waals surface area contributed by atoms with Crippen LogP contribution in [0.2, 0.25) is 26.2 Å². The van der Waals surface area contributed by atoms with Gasteiger partial charge in [0.1, 0.15) is 0 Å². The van der Waals surface area contributed by atoms with E-state index in [2.05, 4.69) is 74.7 Å². The molecule has 124 valence electrons. The molecule has 5 heteroatoms. The molecule has 0 amide bonds. The average Bonchev–Trinajstić information content (AvgIpc) is 2.54. The molecule has 0 bridgehead atoms. The van der Waals surface area contributed by atoms with Crippen molar-refractivity contribution in [3.63, 3.8) is 0 Å². The van der Waals surface area contributed by atoms with Crippen molar-refractivity contribution >= 4 is 27.0 Å². The summed E-state index contributed by atoms with van der Waals surface area (Å²) in [5.41, 5.74) is 13.7. The van der Waals surface area contributed by atoms with Crippen LogP contribution in [0, 0.1) is 0 Å². The summed E-state index contributed by atoms with van der Waals surface area (Å²) < 4.78 is 6.76. The summed E-state index contributed by atoms with van der Waals surface area (Å²) in [7, 11) is -3.92. The van der Waals surface area contributed by atoms with Crippen molar-refractivity contribution in [3.05, 3.63) is 59.7 Å². The van der Waals surface area contributed by atoms with Gasteiger partial charge in [0.25, 0.3) is 0 Å². The minimum atomic E-state index is -1.96. The first-order valence-corrected chi connectivity index (χ1v) is 13.9. The number of hydrogen-bond donors (Lipinski definition) is 2. The van der Waals surface area contributed by atoms with E-state index in [4.69, 9.17) is 15.6 Å². The van der Waals surface area contributed by atoms with Gasteiger partial charge in [-0.3, -0.25) is 0 Å². The van der Waals surface area contributed by atoms with Crippen LogP contribution in [-0.4, -0.2) is 16.6 Å². The Hall–Kier alpha value is -1.25. The molecule has 0 heterocycles. The van der Waals surface area contributed by atoms with Crippen molar-refractivity contribution in [2.75, 3.05) is 0 Å². The van der Waals surface area contributed by atoms with Crippen molar-refractivity contribution in [2.24, 2.45) is 11.5 Å². The van der Waals surface area contributed by atoms with Crippen LogP contribution >= 0.6 is 0 Å². The third-order valence-corrected chi connectivity index (χ3v) is 11.8. The molecule has 4 N–H and O–H groups in total. The molecule has 0 saturated carbocycles. The van der Waals surface area contributed by atoms with Crippen LogP contribution in [0.5, 0.6) is 0 Å². The summed E-state index contributed by atoms with van der Waals surface area (Å²) >= 11 is 0. The summed E-state index contributed by atoms with van der Waals surface area (Å²) in [6.45, 7) is 10.2. The molecule has 0 aliphatic heterocycles. The Labute approximate surface area is 141 Å². The molecule has 2 aromatic carbocycles. The van der Waals surface area contributed by atoms with Gasteiger partial charge >= 0.3 is 0 Å². The summed E-state index contributed by atoms with van der Waals surface area (Å²) in [5.74, 6) is 0. The lowest BCUT2D eigenvalue weighted by molar-refractivity contribution is 0.573. The van der Waals surface area contributed by atoms with Crippen molar-refractivity contribution < 1.29 is 4.12 Å². The highest BCUT2D eigenvalue weighted by Gasteiger charge is 2.35. The average molecular weight is 345 g/mol. The highest BCUT2D eigenvalue weighted by molar-refractivity contribution is 6.96. The van der Waals surface area contributed by atoms with Gasteiger partial charge < -0.3 is 15.6 Å². The second kappa shape index (κ2) is 7.11. The third-order valence-electron chi connectivity index (χ3n) is 4.28. The maximum absolute atomic E-state index is 6.76. The number of rotatable bonds is 6. The maximum atomic E-state index is 6.76. The largest absolute Gasteiger partial charge is 0.449 e. The Morgan fingerprint density at radius 3 is 1.22 bits per heavy atom. The van der Waals surface area contributed by atoms with Crippen molar-refractivity contribution in [2.45, 2.75) is 39.3 Å². The van der Waals surface area contributed by atoms with Gasteiger partial charge in [0, 0.05) is 13.1 Å². The first kappa shape index (κ1) is 18.1. The van der Waals surface area contributed by atoms with Gasteiger partial charge in [0.2, 0.25) is 16.6 Å². The SMILES string of the molecule is C[Si](C)(O[Si](C)(C)c1ccc(CN)cc1)c1ccc(CN)cc1. The molecule has 23 heavy (non-hydrogen) atoms. The predicted octanol–water partition coefficient (Wildman–Crippen LogP) is 2.14. The van der Waals surface area contributed by atoms with E-state index in [0.717, 1.165) is 11.1 Å². The zero-order chi connectivity index (χ0) is 17.1. The van der Waals surface area contributed by atoms with Crippen molar-refractivity contribution in [1.82, 2.24) is 0 Å². The molecule has 0 saturated heterocycles. The molecule has 0 unspecified atom stereocenters. The van der Waals surface area contributed by atoms with Gasteiger partial charge in [-0.1, -0.05) is 48.5 Å². The van der Waals surface area contributed by atoms with Crippen LogP contribution in [-0.2, 0) is 17.2 Å². The zero-order valence-electron chi connectivity index (χ0n) is 14.6. The lowest BCUT2D eigenvalue weighted by Gasteiger charge is -2.34. The normalized spacial score (nSPS) is 12.4. The molecule has 0 aliphatic rings. The molecule has 0 spiro atoms. The molecule has 2 rings (SSSR count). The van der Waals surface area contributed by atoms with Crippen molar-refractivity contribution in [1.29, 1.82) is 0 Å². The maximum Gasteiger partial charge on any atom is 0.206 e.